The molecule has 1 aromatic carbocycles. The van der Waals surface area contributed by atoms with Crippen LogP contribution in [0.15, 0.2) is 46.0 Å². The van der Waals surface area contributed by atoms with Crippen LogP contribution in [0.25, 0.3) is 0 Å². The lowest BCUT2D eigenvalue weighted by Gasteiger charge is -2.41. The van der Waals surface area contributed by atoms with Crippen molar-refractivity contribution in [3.05, 3.63) is 46.7 Å². The van der Waals surface area contributed by atoms with Crippen molar-refractivity contribution in [1.82, 2.24) is 4.90 Å². The second-order valence-electron chi connectivity index (χ2n) is 7.72. The van der Waals surface area contributed by atoms with E-state index in [4.69, 9.17) is 5.73 Å². The molecule has 28 heavy (non-hydrogen) atoms. The molecule has 0 spiro atoms. The third kappa shape index (κ3) is 5.35. The van der Waals surface area contributed by atoms with Crippen molar-refractivity contribution in [2.45, 2.75) is 49.7 Å². The smallest absolute Gasteiger partial charge is 0.175 e. The van der Waals surface area contributed by atoms with Gasteiger partial charge in [-0.25, -0.2) is 8.42 Å². The Hall–Kier alpha value is -1.41. The number of hydrogen-bond donors (Lipinski definition) is 1. The average Bonchev–Trinajstić information content (AvgIpc) is 3.19. The minimum Gasteiger partial charge on any atom is -0.364 e. The summed E-state index contributed by atoms with van der Waals surface area (Å²) in [7, 11) is -3.18. The molecule has 0 unspecified atom stereocenters. The van der Waals surface area contributed by atoms with E-state index in [1.807, 2.05) is 12.1 Å². The molecule has 0 aliphatic carbocycles. The predicted octanol–water partition coefficient (Wildman–Crippen LogP) is 3.36. The number of rotatable bonds is 8. The summed E-state index contributed by atoms with van der Waals surface area (Å²) in [5.74, 6) is 0. The molecule has 1 aromatic heterocycles. The molecule has 1 aliphatic rings. The topological polar surface area (TPSA) is 66.6 Å². The highest BCUT2D eigenvalue weighted by molar-refractivity contribution is 7.90. The maximum Gasteiger partial charge on any atom is 0.175 e. The lowest BCUT2D eigenvalue weighted by molar-refractivity contribution is 0.154. The molecule has 0 saturated carbocycles. The number of nitrogens with zero attached hydrogens (tertiary/aromatic N) is 2. The fourth-order valence-electron chi connectivity index (χ4n) is 3.96. The molecule has 0 radical (unpaired) electrons. The molecular weight excluding hydrogens is 390 g/mol. The zero-order valence-electron chi connectivity index (χ0n) is 16.8. The fraction of sp³-hybridized carbons (Fsp3) is 0.524. The van der Waals surface area contributed by atoms with Crippen LogP contribution in [-0.2, 0) is 16.4 Å². The minimum atomic E-state index is -3.18. The minimum absolute atomic E-state index is 0.372. The molecule has 1 saturated heterocycles. The monoisotopic (exact) mass is 421 g/mol. The van der Waals surface area contributed by atoms with E-state index in [-0.39, 0.29) is 0 Å². The van der Waals surface area contributed by atoms with Crippen molar-refractivity contribution < 1.29 is 8.42 Å². The van der Waals surface area contributed by atoms with Crippen molar-refractivity contribution in [3.63, 3.8) is 0 Å². The van der Waals surface area contributed by atoms with Crippen molar-refractivity contribution in [1.29, 1.82) is 0 Å². The van der Waals surface area contributed by atoms with Crippen LogP contribution in [0.2, 0.25) is 0 Å². The summed E-state index contributed by atoms with van der Waals surface area (Å²) in [6, 6.07) is 10.5. The fourth-order valence-corrected chi connectivity index (χ4v) is 5.25. The number of piperidine rings is 1. The Kier molecular flexibility index (Phi) is 7.15. The average molecular weight is 422 g/mol. The second kappa shape index (κ2) is 9.39. The summed E-state index contributed by atoms with van der Waals surface area (Å²) in [4.78, 5) is 5.36. The van der Waals surface area contributed by atoms with Crippen LogP contribution in [-0.4, -0.2) is 51.3 Å². The third-order valence-corrected chi connectivity index (χ3v) is 7.54. The Morgan fingerprint density at radius 3 is 2.43 bits per heavy atom. The third-order valence-electron chi connectivity index (χ3n) is 5.68. The van der Waals surface area contributed by atoms with E-state index in [9.17, 15) is 8.42 Å². The first-order valence-corrected chi connectivity index (χ1v) is 12.7. The van der Waals surface area contributed by atoms with Crippen LogP contribution in [0.1, 0.15) is 31.7 Å². The molecule has 2 aromatic rings. The molecule has 0 amide bonds. The summed E-state index contributed by atoms with van der Waals surface area (Å²) in [5.41, 5.74) is 8.12. The highest BCUT2D eigenvalue weighted by Gasteiger charge is 2.27. The van der Waals surface area contributed by atoms with Gasteiger partial charge in [-0.15, -0.1) is 0 Å². The Morgan fingerprint density at radius 2 is 1.89 bits per heavy atom. The Bertz CT molecular complexity index is 827. The first-order chi connectivity index (χ1) is 13.4. The number of sulfone groups is 1. The predicted molar refractivity (Wildman–Crippen MR) is 118 cm³/mol. The summed E-state index contributed by atoms with van der Waals surface area (Å²) >= 11 is 1.71. The lowest BCUT2D eigenvalue weighted by atomic mass is 9.99. The molecule has 154 valence electrons. The van der Waals surface area contributed by atoms with Crippen LogP contribution in [0.3, 0.4) is 0 Å². The molecule has 5 nitrogen and oxygen atoms in total. The molecule has 2 heterocycles. The number of nitrogens with two attached hydrogens (primary N) is 1. The van der Waals surface area contributed by atoms with Gasteiger partial charge in [0, 0.05) is 43.7 Å². The van der Waals surface area contributed by atoms with Gasteiger partial charge in [-0.05, 0) is 79.4 Å². The van der Waals surface area contributed by atoms with Crippen LogP contribution in [0.4, 0.5) is 5.69 Å². The van der Waals surface area contributed by atoms with Gasteiger partial charge in [0.25, 0.3) is 0 Å². The molecule has 1 fully saturated rings. The first-order valence-electron chi connectivity index (χ1n) is 9.90. The van der Waals surface area contributed by atoms with Crippen LogP contribution in [0.5, 0.6) is 0 Å². The van der Waals surface area contributed by atoms with Gasteiger partial charge in [0.1, 0.15) is 0 Å². The van der Waals surface area contributed by atoms with Crippen LogP contribution < -0.4 is 10.6 Å². The normalized spacial score (nSPS) is 17.5. The van der Waals surface area contributed by atoms with Gasteiger partial charge in [-0.3, -0.25) is 0 Å². The maximum atomic E-state index is 11.8. The van der Waals surface area contributed by atoms with Crippen molar-refractivity contribution in [2.75, 3.05) is 30.8 Å². The number of benzene rings is 1. The Balaban J connectivity index is 1.76. The maximum absolute atomic E-state index is 11.8. The van der Waals surface area contributed by atoms with Gasteiger partial charge in [0.05, 0.1) is 4.90 Å². The van der Waals surface area contributed by atoms with Crippen molar-refractivity contribution in [3.8, 4) is 0 Å². The quantitative estimate of drug-likeness (QED) is 0.708. The van der Waals surface area contributed by atoms with Gasteiger partial charge < -0.3 is 15.5 Å². The molecule has 0 bridgehead atoms. The molecule has 3 rings (SSSR count). The summed E-state index contributed by atoms with van der Waals surface area (Å²) in [6.07, 6.45) is 4.50. The van der Waals surface area contributed by atoms with Gasteiger partial charge in [0.15, 0.2) is 9.84 Å². The van der Waals surface area contributed by atoms with E-state index in [2.05, 4.69) is 33.6 Å². The highest BCUT2D eigenvalue weighted by atomic mass is 32.2. The van der Waals surface area contributed by atoms with Gasteiger partial charge in [-0.1, -0.05) is 0 Å². The number of anilines is 1. The van der Waals surface area contributed by atoms with E-state index in [0.717, 1.165) is 51.1 Å². The first kappa shape index (κ1) is 21.3. The molecule has 2 N–H and O–H groups in total. The van der Waals surface area contributed by atoms with Crippen molar-refractivity contribution in [2.24, 2.45) is 5.73 Å². The highest BCUT2D eigenvalue weighted by Crippen LogP contribution is 2.28. The largest absolute Gasteiger partial charge is 0.364 e. The van der Waals surface area contributed by atoms with E-state index >= 15 is 0 Å². The summed E-state index contributed by atoms with van der Waals surface area (Å²) < 4.78 is 23.6. The second-order valence-corrected chi connectivity index (χ2v) is 10.5. The standard InChI is InChI=1S/C21H31N3O2S2/c1-17(7-11-22)23-12-8-20(9-13-23)24(15-18-10-14-27-16-18)19-3-5-21(6-4-19)28(2,25)26/h3-6,10,14,16-17,20H,7-9,11-13,15,22H2,1-2H3/t17-/m1/s1. The number of likely N-dealkylation sites (tertiary alicyclic amines) is 1. The summed E-state index contributed by atoms with van der Waals surface area (Å²) in [6.45, 7) is 6.00. The lowest BCUT2D eigenvalue weighted by Crippen LogP contribution is -2.47. The molecular formula is C21H31N3O2S2. The molecule has 1 atom stereocenters. The SMILES string of the molecule is C[C@H](CCN)N1CCC(N(Cc2ccsc2)c2ccc(S(C)(=O)=O)cc2)CC1. The van der Waals surface area contributed by atoms with E-state index in [1.54, 1.807) is 23.5 Å². The zero-order chi connectivity index (χ0) is 20.1. The van der Waals surface area contributed by atoms with E-state index < -0.39 is 9.84 Å². The number of hydrogen-bond acceptors (Lipinski definition) is 6. The van der Waals surface area contributed by atoms with Crippen molar-refractivity contribution >= 4 is 26.9 Å². The van der Waals surface area contributed by atoms with Gasteiger partial charge in [0.2, 0.25) is 0 Å². The van der Waals surface area contributed by atoms with E-state index in [0.29, 0.717) is 17.0 Å². The molecule has 7 heteroatoms. The Morgan fingerprint density at radius 1 is 1.21 bits per heavy atom. The number of thiophene rings is 1. The van der Waals surface area contributed by atoms with Gasteiger partial charge in [-0.2, -0.15) is 11.3 Å². The van der Waals surface area contributed by atoms with Crippen LogP contribution in [0, 0.1) is 0 Å². The summed E-state index contributed by atoms with van der Waals surface area (Å²) in [5, 5.41) is 4.30. The Labute approximate surface area is 173 Å². The zero-order valence-corrected chi connectivity index (χ0v) is 18.4. The molecule has 1 aliphatic heterocycles. The van der Waals surface area contributed by atoms with Crippen LogP contribution >= 0.6 is 11.3 Å². The van der Waals surface area contributed by atoms with E-state index in [1.165, 1.54) is 11.8 Å². The van der Waals surface area contributed by atoms with Gasteiger partial charge >= 0.3 is 0 Å².